The molecule has 0 bridgehead atoms. The van der Waals surface area contributed by atoms with Crippen LogP contribution >= 0.6 is 0 Å². The van der Waals surface area contributed by atoms with Crippen LogP contribution in [0, 0.1) is 5.82 Å². The lowest BCUT2D eigenvalue weighted by Gasteiger charge is -2.05. The van der Waals surface area contributed by atoms with Gasteiger partial charge in [-0.1, -0.05) is 42.5 Å². The lowest BCUT2D eigenvalue weighted by Crippen LogP contribution is -2.24. The van der Waals surface area contributed by atoms with Crippen molar-refractivity contribution in [2.24, 2.45) is 0 Å². The Kier molecular flexibility index (Phi) is 6.83. The van der Waals surface area contributed by atoms with Gasteiger partial charge in [-0.2, -0.15) is 0 Å². The van der Waals surface area contributed by atoms with Crippen LogP contribution in [0.15, 0.2) is 54.6 Å². The van der Waals surface area contributed by atoms with E-state index in [1.165, 1.54) is 6.07 Å². The zero-order chi connectivity index (χ0) is 17.2. The summed E-state index contributed by atoms with van der Waals surface area (Å²) >= 11 is 0. The predicted octanol–water partition coefficient (Wildman–Crippen LogP) is 4.16. The Morgan fingerprint density at radius 2 is 2.00 bits per heavy atom. The molecule has 0 radical (unpaired) electrons. The van der Waals surface area contributed by atoms with Gasteiger partial charge in [0.25, 0.3) is 0 Å². The van der Waals surface area contributed by atoms with Gasteiger partial charge in [0.2, 0.25) is 0 Å². The third-order valence-corrected chi connectivity index (χ3v) is 3.16. The van der Waals surface area contributed by atoms with Crippen LogP contribution in [0.2, 0.25) is 0 Å². The van der Waals surface area contributed by atoms with Gasteiger partial charge in [-0.05, 0) is 24.6 Å². The minimum atomic E-state index is -0.518. The summed E-state index contributed by atoms with van der Waals surface area (Å²) < 4.78 is 24.1. The average Bonchev–Trinajstić information content (AvgIpc) is 2.59. The number of ether oxygens (including phenoxy) is 2. The first-order valence-electron chi connectivity index (χ1n) is 7.72. The summed E-state index contributed by atoms with van der Waals surface area (Å²) in [5.74, 6) is 0.124. The molecule has 0 saturated carbocycles. The molecule has 126 valence electrons. The number of carbonyl (C=O) groups is 1. The van der Waals surface area contributed by atoms with E-state index < -0.39 is 6.09 Å². The van der Waals surface area contributed by atoms with Crippen LogP contribution in [-0.2, 0) is 11.3 Å². The summed E-state index contributed by atoms with van der Waals surface area (Å²) in [4.78, 5) is 11.6. The highest BCUT2D eigenvalue weighted by Crippen LogP contribution is 2.17. The van der Waals surface area contributed by atoms with Crippen molar-refractivity contribution in [3.05, 3.63) is 71.6 Å². The lowest BCUT2D eigenvalue weighted by atomic mass is 10.2. The highest BCUT2D eigenvalue weighted by Gasteiger charge is 2.02. The van der Waals surface area contributed by atoms with Gasteiger partial charge in [-0.15, -0.1) is 0 Å². The SMILES string of the molecule is CCOc1ccc(C=CCNC(=O)OCc2ccccc2)c(F)c1. The third-order valence-electron chi connectivity index (χ3n) is 3.16. The normalized spacial score (nSPS) is 10.6. The second-order valence-electron chi connectivity index (χ2n) is 4.96. The summed E-state index contributed by atoms with van der Waals surface area (Å²) in [5.41, 5.74) is 1.34. The first-order valence-corrected chi connectivity index (χ1v) is 7.72. The number of alkyl carbamates (subject to hydrolysis) is 1. The number of nitrogens with one attached hydrogen (secondary N) is 1. The zero-order valence-electron chi connectivity index (χ0n) is 13.5. The Morgan fingerprint density at radius 1 is 1.21 bits per heavy atom. The van der Waals surface area contributed by atoms with E-state index in [9.17, 15) is 9.18 Å². The van der Waals surface area contributed by atoms with Crippen LogP contribution in [0.5, 0.6) is 5.75 Å². The Balaban J connectivity index is 1.75. The van der Waals surface area contributed by atoms with Crippen LogP contribution in [0.25, 0.3) is 6.08 Å². The van der Waals surface area contributed by atoms with Crippen LogP contribution in [0.4, 0.5) is 9.18 Å². The van der Waals surface area contributed by atoms with E-state index in [1.54, 1.807) is 24.3 Å². The van der Waals surface area contributed by atoms with Crippen LogP contribution in [0.1, 0.15) is 18.1 Å². The van der Waals surface area contributed by atoms with E-state index in [4.69, 9.17) is 9.47 Å². The van der Waals surface area contributed by atoms with Crippen LogP contribution in [0.3, 0.4) is 0 Å². The summed E-state index contributed by atoms with van der Waals surface area (Å²) in [6, 6.07) is 14.1. The Hall–Kier alpha value is -2.82. The molecule has 0 spiro atoms. The van der Waals surface area contributed by atoms with Crippen molar-refractivity contribution in [2.75, 3.05) is 13.2 Å². The maximum atomic E-state index is 13.8. The minimum absolute atomic E-state index is 0.212. The molecule has 1 amide bonds. The number of carbonyl (C=O) groups excluding carboxylic acids is 1. The molecule has 0 aliphatic rings. The molecular formula is C19H20FNO3. The van der Waals surface area contributed by atoms with E-state index in [1.807, 2.05) is 37.3 Å². The van der Waals surface area contributed by atoms with Crippen molar-refractivity contribution in [1.82, 2.24) is 5.32 Å². The van der Waals surface area contributed by atoms with E-state index in [0.29, 0.717) is 17.9 Å². The molecule has 4 nitrogen and oxygen atoms in total. The highest BCUT2D eigenvalue weighted by molar-refractivity contribution is 5.67. The van der Waals surface area contributed by atoms with Crippen molar-refractivity contribution >= 4 is 12.2 Å². The number of rotatable bonds is 7. The predicted molar refractivity (Wildman–Crippen MR) is 91.2 cm³/mol. The molecule has 2 aromatic carbocycles. The molecule has 24 heavy (non-hydrogen) atoms. The Labute approximate surface area is 140 Å². The number of hydrogen-bond acceptors (Lipinski definition) is 3. The molecule has 0 atom stereocenters. The van der Waals surface area contributed by atoms with Crippen molar-refractivity contribution in [1.29, 1.82) is 0 Å². The lowest BCUT2D eigenvalue weighted by molar-refractivity contribution is 0.141. The van der Waals surface area contributed by atoms with Gasteiger partial charge in [0.15, 0.2) is 0 Å². The van der Waals surface area contributed by atoms with Gasteiger partial charge >= 0.3 is 6.09 Å². The van der Waals surface area contributed by atoms with Gasteiger partial charge in [0.1, 0.15) is 18.2 Å². The second-order valence-corrected chi connectivity index (χ2v) is 4.96. The number of halogens is 1. The van der Waals surface area contributed by atoms with E-state index >= 15 is 0 Å². The second kappa shape index (κ2) is 9.35. The fraction of sp³-hybridized carbons (Fsp3) is 0.211. The molecule has 0 heterocycles. The molecule has 1 N–H and O–H groups in total. The van der Waals surface area contributed by atoms with E-state index in [-0.39, 0.29) is 19.0 Å². The van der Waals surface area contributed by atoms with E-state index in [0.717, 1.165) is 5.56 Å². The summed E-state index contributed by atoms with van der Waals surface area (Å²) in [5, 5.41) is 2.58. The molecule has 0 fully saturated rings. The Bertz CT molecular complexity index is 686. The van der Waals surface area contributed by atoms with Crippen molar-refractivity contribution in [2.45, 2.75) is 13.5 Å². The molecule has 5 heteroatoms. The van der Waals surface area contributed by atoms with Crippen molar-refractivity contribution in [3.63, 3.8) is 0 Å². The zero-order valence-corrected chi connectivity index (χ0v) is 13.5. The third kappa shape index (κ3) is 5.76. The van der Waals surface area contributed by atoms with Crippen molar-refractivity contribution in [3.8, 4) is 5.75 Å². The molecular weight excluding hydrogens is 309 g/mol. The highest BCUT2D eigenvalue weighted by atomic mass is 19.1. The molecule has 0 saturated heterocycles. The van der Waals surface area contributed by atoms with Gasteiger partial charge in [0.05, 0.1) is 6.61 Å². The summed E-state index contributed by atoms with van der Waals surface area (Å²) in [6.45, 7) is 2.79. The van der Waals surface area contributed by atoms with Gasteiger partial charge in [-0.25, -0.2) is 9.18 Å². The first-order chi connectivity index (χ1) is 11.7. The fourth-order valence-corrected chi connectivity index (χ4v) is 2.00. The standard InChI is InChI=1S/C19H20FNO3/c1-2-23-17-11-10-16(18(20)13-17)9-6-12-21-19(22)24-14-15-7-4-3-5-8-15/h3-11,13H,2,12,14H2,1H3,(H,21,22). The summed E-state index contributed by atoms with van der Waals surface area (Å²) in [6.07, 6.45) is 2.74. The molecule has 0 unspecified atom stereocenters. The smallest absolute Gasteiger partial charge is 0.407 e. The number of amides is 1. The fourth-order valence-electron chi connectivity index (χ4n) is 2.00. The van der Waals surface area contributed by atoms with Crippen LogP contribution in [-0.4, -0.2) is 19.2 Å². The molecule has 0 aromatic heterocycles. The molecule has 0 aliphatic carbocycles. The quantitative estimate of drug-likeness (QED) is 0.829. The summed E-state index contributed by atoms with van der Waals surface area (Å²) in [7, 11) is 0. The van der Waals surface area contributed by atoms with Gasteiger partial charge in [-0.3, -0.25) is 0 Å². The topological polar surface area (TPSA) is 47.6 Å². The Morgan fingerprint density at radius 3 is 2.71 bits per heavy atom. The number of benzene rings is 2. The average molecular weight is 329 g/mol. The van der Waals surface area contributed by atoms with E-state index in [2.05, 4.69) is 5.32 Å². The monoisotopic (exact) mass is 329 g/mol. The minimum Gasteiger partial charge on any atom is -0.494 e. The first kappa shape index (κ1) is 17.5. The van der Waals surface area contributed by atoms with Crippen LogP contribution < -0.4 is 10.1 Å². The molecule has 2 aromatic rings. The van der Waals surface area contributed by atoms with Gasteiger partial charge < -0.3 is 14.8 Å². The maximum Gasteiger partial charge on any atom is 0.407 e. The van der Waals surface area contributed by atoms with Gasteiger partial charge in [0, 0.05) is 18.2 Å². The molecule has 2 rings (SSSR count). The number of hydrogen-bond donors (Lipinski definition) is 1. The maximum absolute atomic E-state index is 13.8. The molecule has 0 aliphatic heterocycles. The largest absolute Gasteiger partial charge is 0.494 e. The van der Waals surface area contributed by atoms with Crippen molar-refractivity contribution < 1.29 is 18.7 Å².